The van der Waals surface area contributed by atoms with Crippen molar-refractivity contribution in [2.45, 2.75) is 44.9 Å². The highest BCUT2D eigenvalue weighted by Gasteiger charge is 2.53. The molecule has 0 N–H and O–H groups in total. The molecule has 4 unspecified atom stereocenters. The molecule has 0 saturated heterocycles. The first-order valence-corrected chi connectivity index (χ1v) is 9.66. The van der Waals surface area contributed by atoms with E-state index in [1.54, 1.807) is 0 Å². The summed E-state index contributed by atoms with van der Waals surface area (Å²) in [6.07, 6.45) is 8.55. The Morgan fingerprint density at radius 2 is 2.04 bits per heavy atom. The third-order valence-corrected chi connectivity index (χ3v) is 7.18. The van der Waals surface area contributed by atoms with Crippen LogP contribution >= 0.6 is 15.9 Å². The normalized spacial score (nSPS) is 35.6. The number of benzene rings is 1. The number of halogens is 1. The van der Waals surface area contributed by atoms with Gasteiger partial charge in [-0.2, -0.15) is 0 Å². The number of fused-ring (bicyclic) bond motifs is 3. The summed E-state index contributed by atoms with van der Waals surface area (Å²) < 4.78 is 6.97. The van der Waals surface area contributed by atoms with E-state index in [-0.39, 0.29) is 11.2 Å². The minimum atomic E-state index is -0.135. The van der Waals surface area contributed by atoms with E-state index in [9.17, 15) is 4.79 Å². The van der Waals surface area contributed by atoms with Gasteiger partial charge in [-0.15, -0.1) is 0 Å². The van der Waals surface area contributed by atoms with Gasteiger partial charge < -0.3 is 4.42 Å². The molecule has 0 amide bonds. The van der Waals surface area contributed by atoms with Gasteiger partial charge in [0.25, 0.3) is 0 Å². The fourth-order valence-electron chi connectivity index (χ4n) is 5.84. The van der Waals surface area contributed by atoms with Crippen LogP contribution in [-0.2, 0) is 0 Å². The molecule has 23 heavy (non-hydrogen) atoms. The summed E-state index contributed by atoms with van der Waals surface area (Å²) in [7, 11) is 0. The van der Waals surface area contributed by atoms with Crippen molar-refractivity contribution in [1.29, 1.82) is 0 Å². The molecule has 1 heterocycles. The summed E-state index contributed by atoms with van der Waals surface area (Å²) in [6, 6.07) is 7.90. The molecule has 3 bridgehead atoms. The van der Waals surface area contributed by atoms with Crippen molar-refractivity contribution in [2.24, 2.45) is 23.2 Å². The van der Waals surface area contributed by atoms with E-state index in [2.05, 4.69) is 15.9 Å². The van der Waals surface area contributed by atoms with Gasteiger partial charge in [-0.3, -0.25) is 4.79 Å². The molecule has 120 valence electrons. The Hall–Kier alpha value is -1.09. The van der Waals surface area contributed by atoms with Gasteiger partial charge in [0.05, 0.1) is 0 Å². The lowest BCUT2D eigenvalue weighted by atomic mass is 9.64. The molecule has 0 radical (unpaired) electrons. The van der Waals surface area contributed by atoms with Crippen LogP contribution in [0.15, 0.2) is 33.2 Å². The lowest BCUT2D eigenvalue weighted by Gasteiger charge is -2.38. The van der Waals surface area contributed by atoms with Crippen LogP contribution in [0.3, 0.4) is 0 Å². The second kappa shape index (κ2) is 4.95. The molecule has 0 spiro atoms. The van der Waals surface area contributed by atoms with Crippen molar-refractivity contribution < 1.29 is 9.21 Å². The van der Waals surface area contributed by atoms with Crippen molar-refractivity contribution in [3.05, 3.63) is 34.5 Å². The van der Waals surface area contributed by atoms with E-state index in [0.29, 0.717) is 5.76 Å². The van der Waals surface area contributed by atoms with Crippen molar-refractivity contribution in [1.82, 2.24) is 0 Å². The van der Waals surface area contributed by atoms with E-state index in [4.69, 9.17) is 4.42 Å². The maximum atomic E-state index is 13.4. The van der Waals surface area contributed by atoms with Crippen LogP contribution in [0.25, 0.3) is 11.0 Å². The largest absolute Gasteiger partial charge is 0.453 e. The number of Topliss-reactive ketones (excluding diaryl/α,β-unsaturated/α-hetero) is 1. The molecule has 3 saturated carbocycles. The molecule has 3 aliphatic carbocycles. The van der Waals surface area contributed by atoms with Crippen molar-refractivity contribution >= 4 is 32.7 Å². The van der Waals surface area contributed by atoms with E-state index < -0.39 is 0 Å². The number of ketones is 1. The zero-order valence-electron chi connectivity index (χ0n) is 13.2. The van der Waals surface area contributed by atoms with E-state index in [0.717, 1.165) is 52.5 Å². The summed E-state index contributed by atoms with van der Waals surface area (Å²) in [5.74, 6) is 3.32. The van der Waals surface area contributed by atoms with Crippen molar-refractivity contribution in [3.63, 3.8) is 0 Å². The standard InChI is InChI=1S/C20H21BrO2/c21-16-3-4-17-14(8-16)9-18(23-17)19(22)20-5-1-2-13-6-12(10-20)7-15(13)11-20/h3-4,8-9,12-13,15H,1-2,5-7,10-11H2. The van der Waals surface area contributed by atoms with Crippen LogP contribution < -0.4 is 0 Å². The van der Waals surface area contributed by atoms with E-state index >= 15 is 0 Å². The van der Waals surface area contributed by atoms with Crippen molar-refractivity contribution in [2.75, 3.05) is 0 Å². The van der Waals surface area contributed by atoms with Gasteiger partial charge >= 0.3 is 0 Å². The lowest BCUT2D eigenvalue weighted by molar-refractivity contribution is 0.0582. The van der Waals surface area contributed by atoms with Crippen LogP contribution in [0.4, 0.5) is 0 Å². The van der Waals surface area contributed by atoms with Crippen LogP contribution in [-0.4, -0.2) is 5.78 Å². The first kappa shape index (κ1) is 14.3. The Morgan fingerprint density at radius 3 is 2.96 bits per heavy atom. The number of hydrogen-bond acceptors (Lipinski definition) is 2. The zero-order valence-corrected chi connectivity index (χ0v) is 14.8. The molecule has 1 aromatic carbocycles. The second-order valence-corrected chi connectivity index (χ2v) is 8.98. The molecule has 5 rings (SSSR count). The highest BCUT2D eigenvalue weighted by atomic mass is 79.9. The third kappa shape index (κ3) is 2.15. The Bertz CT molecular complexity index is 792. The average molecular weight is 373 g/mol. The van der Waals surface area contributed by atoms with Crippen LogP contribution in [0, 0.1) is 23.2 Å². The minimum absolute atomic E-state index is 0.135. The second-order valence-electron chi connectivity index (χ2n) is 8.06. The Balaban J connectivity index is 1.55. The van der Waals surface area contributed by atoms with E-state index in [1.165, 1.54) is 25.7 Å². The number of rotatable bonds is 2. The topological polar surface area (TPSA) is 30.2 Å². The quantitative estimate of drug-likeness (QED) is 0.606. The van der Waals surface area contributed by atoms with Gasteiger partial charge in [-0.1, -0.05) is 28.8 Å². The first-order valence-electron chi connectivity index (χ1n) is 8.87. The van der Waals surface area contributed by atoms with Crippen LogP contribution in [0.5, 0.6) is 0 Å². The highest BCUT2D eigenvalue weighted by Crippen LogP contribution is 2.59. The molecule has 4 atom stereocenters. The zero-order chi connectivity index (χ0) is 15.6. The lowest BCUT2D eigenvalue weighted by Crippen LogP contribution is -2.36. The molecular formula is C20H21BrO2. The average Bonchev–Trinajstić information content (AvgIpc) is 3.02. The van der Waals surface area contributed by atoms with Gasteiger partial charge in [0.1, 0.15) is 5.58 Å². The smallest absolute Gasteiger partial charge is 0.204 e. The molecule has 3 heteroatoms. The molecule has 2 aromatic rings. The minimum Gasteiger partial charge on any atom is -0.453 e. The maximum Gasteiger partial charge on any atom is 0.204 e. The summed E-state index contributed by atoms with van der Waals surface area (Å²) in [4.78, 5) is 13.4. The monoisotopic (exact) mass is 372 g/mol. The van der Waals surface area contributed by atoms with E-state index in [1.807, 2.05) is 24.3 Å². The van der Waals surface area contributed by atoms with Crippen LogP contribution in [0.2, 0.25) is 0 Å². The van der Waals surface area contributed by atoms with Crippen molar-refractivity contribution in [3.8, 4) is 0 Å². The molecular weight excluding hydrogens is 352 g/mol. The van der Waals surface area contributed by atoms with Gasteiger partial charge in [0.2, 0.25) is 5.78 Å². The van der Waals surface area contributed by atoms with Gasteiger partial charge in [-0.25, -0.2) is 0 Å². The SMILES string of the molecule is O=C(c1cc2cc(Br)ccc2o1)C12CCCC3CC(CC3C1)C2. The predicted octanol–water partition coefficient (Wildman–Crippen LogP) is 5.98. The van der Waals surface area contributed by atoms with Gasteiger partial charge in [0.15, 0.2) is 5.76 Å². The third-order valence-electron chi connectivity index (χ3n) is 6.69. The van der Waals surface area contributed by atoms with Crippen LogP contribution in [0.1, 0.15) is 55.5 Å². The summed E-state index contributed by atoms with van der Waals surface area (Å²) in [5.41, 5.74) is 0.683. The summed E-state index contributed by atoms with van der Waals surface area (Å²) in [5, 5.41) is 1.02. The van der Waals surface area contributed by atoms with Gasteiger partial charge in [0, 0.05) is 15.3 Å². The number of hydrogen-bond donors (Lipinski definition) is 0. The molecule has 1 aromatic heterocycles. The fraction of sp³-hybridized carbons (Fsp3) is 0.550. The molecule has 3 aliphatic rings. The Kier molecular flexibility index (Phi) is 3.07. The number of carbonyl (C=O) groups is 1. The predicted molar refractivity (Wildman–Crippen MR) is 93.5 cm³/mol. The Morgan fingerprint density at radius 1 is 1.17 bits per heavy atom. The molecule has 2 nitrogen and oxygen atoms in total. The highest BCUT2D eigenvalue weighted by molar-refractivity contribution is 9.10. The molecule has 0 aliphatic heterocycles. The molecule has 3 fully saturated rings. The Labute approximate surface area is 144 Å². The number of furan rings is 1. The fourth-order valence-corrected chi connectivity index (χ4v) is 6.22. The summed E-state index contributed by atoms with van der Waals surface area (Å²) >= 11 is 3.49. The number of carbonyl (C=O) groups excluding carboxylic acids is 1. The van der Waals surface area contributed by atoms with Gasteiger partial charge in [-0.05, 0) is 74.1 Å². The first-order chi connectivity index (χ1) is 11.1. The summed E-state index contributed by atoms with van der Waals surface area (Å²) in [6.45, 7) is 0. The maximum absolute atomic E-state index is 13.4.